The molecule has 0 atom stereocenters. The number of halogens is 1. The van der Waals surface area contributed by atoms with Gasteiger partial charge in [-0.3, -0.25) is 9.36 Å². The van der Waals surface area contributed by atoms with Crippen LogP contribution in [0.25, 0.3) is 11.2 Å². The van der Waals surface area contributed by atoms with Gasteiger partial charge in [0.2, 0.25) is 5.89 Å². The van der Waals surface area contributed by atoms with Gasteiger partial charge in [-0.2, -0.15) is 4.98 Å². The summed E-state index contributed by atoms with van der Waals surface area (Å²) in [6.07, 6.45) is 7.71. The molecule has 4 aromatic rings. The van der Waals surface area contributed by atoms with Gasteiger partial charge in [-0.1, -0.05) is 47.8 Å². The maximum atomic E-state index is 12.5. The van der Waals surface area contributed by atoms with Crippen molar-refractivity contribution in [3.63, 3.8) is 0 Å². The zero-order chi connectivity index (χ0) is 20.2. The van der Waals surface area contributed by atoms with E-state index in [0.29, 0.717) is 23.0 Å². The maximum absolute atomic E-state index is 12.5. The number of fused-ring (bicyclic) bond motifs is 1. The van der Waals surface area contributed by atoms with E-state index in [9.17, 15) is 4.79 Å². The van der Waals surface area contributed by atoms with Crippen molar-refractivity contribution in [2.24, 2.45) is 7.05 Å². The highest BCUT2D eigenvalue weighted by Gasteiger charge is 2.22. The highest BCUT2D eigenvalue weighted by molar-refractivity contribution is 6.30. The monoisotopic (exact) mass is 412 g/mol. The minimum Gasteiger partial charge on any atom is -0.337 e. The van der Waals surface area contributed by atoms with E-state index in [2.05, 4.69) is 20.1 Å². The molecule has 9 heteroatoms. The lowest BCUT2D eigenvalue weighted by molar-refractivity contribution is 0.361. The molecule has 1 aliphatic rings. The van der Waals surface area contributed by atoms with Crippen molar-refractivity contribution in [1.82, 2.24) is 29.2 Å². The molecule has 0 spiro atoms. The number of nitrogens with zero attached hydrogens (tertiary/aromatic N) is 6. The fraction of sp³-hybridized carbons (Fsp3) is 0.350. The van der Waals surface area contributed by atoms with E-state index in [0.717, 1.165) is 23.7 Å². The largest absolute Gasteiger partial charge is 0.337 e. The molecular formula is C20H21ClN6O2. The van der Waals surface area contributed by atoms with Gasteiger partial charge in [-0.05, 0) is 25.0 Å². The van der Waals surface area contributed by atoms with Gasteiger partial charge in [0.05, 0.1) is 6.33 Å². The smallest absolute Gasteiger partial charge is 0.280 e. The standard InChI is InChI=1S/C14H16N6O2.C6H5Cl/c1-19-7-15-13-11(19)14(21)20(8-16-13)6-10-17-12(18-22-10)9-4-2-3-5-9;7-6-4-2-1-3-5-6/h7-9H,2-6H2,1H3;1-5H. The molecule has 0 bridgehead atoms. The van der Waals surface area contributed by atoms with Crippen molar-refractivity contribution >= 4 is 22.8 Å². The van der Waals surface area contributed by atoms with Crippen molar-refractivity contribution in [3.05, 3.63) is 70.1 Å². The molecule has 0 N–H and O–H groups in total. The first kappa shape index (κ1) is 19.3. The average molecular weight is 413 g/mol. The van der Waals surface area contributed by atoms with Crippen LogP contribution in [0.1, 0.15) is 43.3 Å². The van der Waals surface area contributed by atoms with E-state index in [-0.39, 0.29) is 12.1 Å². The molecule has 1 aliphatic carbocycles. The van der Waals surface area contributed by atoms with Gasteiger partial charge in [0, 0.05) is 18.0 Å². The Kier molecular flexibility index (Phi) is 5.71. The Morgan fingerprint density at radius 2 is 1.86 bits per heavy atom. The minimum atomic E-state index is -0.161. The van der Waals surface area contributed by atoms with Gasteiger partial charge in [-0.15, -0.1) is 0 Å². The zero-order valence-corrected chi connectivity index (χ0v) is 16.8. The van der Waals surface area contributed by atoms with Crippen LogP contribution in [0.15, 0.2) is 52.3 Å². The second-order valence-electron chi connectivity index (χ2n) is 7.03. The van der Waals surface area contributed by atoms with Crippen LogP contribution in [-0.4, -0.2) is 29.2 Å². The molecule has 150 valence electrons. The van der Waals surface area contributed by atoms with E-state index in [1.807, 2.05) is 30.3 Å². The van der Waals surface area contributed by atoms with Crippen LogP contribution in [0.5, 0.6) is 0 Å². The number of hydrogen-bond acceptors (Lipinski definition) is 6. The molecule has 1 fully saturated rings. The summed E-state index contributed by atoms with van der Waals surface area (Å²) >= 11 is 5.54. The van der Waals surface area contributed by atoms with Crippen LogP contribution < -0.4 is 5.56 Å². The lowest BCUT2D eigenvalue weighted by Crippen LogP contribution is -2.22. The van der Waals surface area contributed by atoms with Gasteiger partial charge in [0.25, 0.3) is 5.56 Å². The van der Waals surface area contributed by atoms with Gasteiger partial charge in [-0.25, -0.2) is 9.97 Å². The molecular weight excluding hydrogens is 392 g/mol. The molecule has 0 radical (unpaired) electrons. The molecule has 1 aromatic carbocycles. The predicted octanol–water partition coefficient (Wildman–Crippen LogP) is 3.56. The first-order valence-corrected chi connectivity index (χ1v) is 9.89. The van der Waals surface area contributed by atoms with Crippen molar-refractivity contribution in [3.8, 4) is 0 Å². The Balaban J connectivity index is 0.000000249. The number of hydrogen-bond donors (Lipinski definition) is 0. The summed E-state index contributed by atoms with van der Waals surface area (Å²) in [5.74, 6) is 1.59. The number of rotatable bonds is 3. The quantitative estimate of drug-likeness (QED) is 0.511. The van der Waals surface area contributed by atoms with E-state index in [4.69, 9.17) is 16.1 Å². The summed E-state index contributed by atoms with van der Waals surface area (Å²) in [4.78, 5) is 25.1. The van der Waals surface area contributed by atoms with Crippen LogP contribution in [0, 0.1) is 0 Å². The third-order valence-corrected chi connectivity index (χ3v) is 5.20. The average Bonchev–Trinajstić information content (AvgIpc) is 3.47. The first-order valence-electron chi connectivity index (χ1n) is 9.51. The molecule has 0 amide bonds. The second kappa shape index (κ2) is 8.57. The number of aryl methyl sites for hydroxylation is 1. The molecule has 0 aliphatic heterocycles. The van der Waals surface area contributed by atoms with Gasteiger partial charge < -0.3 is 9.09 Å². The van der Waals surface area contributed by atoms with Crippen LogP contribution in [0.3, 0.4) is 0 Å². The third-order valence-electron chi connectivity index (χ3n) is 4.94. The van der Waals surface area contributed by atoms with Gasteiger partial charge in [0.15, 0.2) is 17.0 Å². The minimum absolute atomic E-state index is 0.161. The summed E-state index contributed by atoms with van der Waals surface area (Å²) in [6.45, 7) is 0.229. The summed E-state index contributed by atoms with van der Waals surface area (Å²) < 4.78 is 8.42. The molecule has 1 saturated carbocycles. The second-order valence-corrected chi connectivity index (χ2v) is 7.47. The fourth-order valence-electron chi connectivity index (χ4n) is 3.43. The summed E-state index contributed by atoms with van der Waals surface area (Å²) in [6, 6.07) is 9.44. The highest BCUT2D eigenvalue weighted by Crippen LogP contribution is 2.32. The summed E-state index contributed by atoms with van der Waals surface area (Å²) in [7, 11) is 1.77. The number of imidazole rings is 1. The van der Waals surface area contributed by atoms with E-state index >= 15 is 0 Å². The van der Waals surface area contributed by atoms with Crippen LogP contribution in [0.4, 0.5) is 0 Å². The molecule has 0 saturated heterocycles. The van der Waals surface area contributed by atoms with Gasteiger partial charge in [0.1, 0.15) is 12.9 Å². The molecule has 29 heavy (non-hydrogen) atoms. The SMILES string of the molecule is Clc1ccccc1.Cn1cnc2ncn(Cc3nc(C4CCCC4)no3)c(=O)c21. The fourth-order valence-corrected chi connectivity index (χ4v) is 3.57. The number of aromatic nitrogens is 6. The maximum Gasteiger partial charge on any atom is 0.280 e. The topological polar surface area (TPSA) is 91.6 Å². The molecule has 3 aromatic heterocycles. The normalized spacial score (nSPS) is 14.1. The lowest BCUT2D eigenvalue weighted by atomic mass is 10.1. The molecule has 8 nitrogen and oxygen atoms in total. The summed E-state index contributed by atoms with van der Waals surface area (Å²) in [5.41, 5.74) is 0.754. The zero-order valence-electron chi connectivity index (χ0n) is 16.0. The van der Waals surface area contributed by atoms with E-state index in [1.165, 1.54) is 23.7 Å². The molecule has 5 rings (SSSR count). The van der Waals surface area contributed by atoms with Crippen molar-refractivity contribution in [2.45, 2.75) is 38.1 Å². The number of benzene rings is 1. The third kappa shape index (κ3) is 4.37. The van der Waals surface area contributed by atoms with Crippen LogP contribution in [-0.2, 0) is 13.6 Å². The van der Waals surface area contributed by atoms with Gasteiger partial charge >= 0.3 is 0 Å². The Morgan fingerprint density at radius 1 is 1.14 bits per heavy atom. The lowest BCUT2D eigenvalue weighted by Gasteiger charge is -2.02. The van der Waals surface area contributed by atoms with Crippen LogP contribution >= 0.6 is 11.6 Å². The van der Waals surface area contributed by atoms with Crippen molar-refractivity contribution in [1.29, 1.82) is 0 Å². The Bertz CT molecular complexity index is 1140. The molecule has 3 heterocycles. The van der Waals surface area contributed by atoms with Crippen molar-refractivity contribution in [2.75, 3.05) is 0 Å². The van der Waals surface area contributed by atoms with Crippen molar-refractivity contribution < 1.29 is 4.52 Å². The predicted molar refractivity (Wildman–Crippen MR) is 109 cm³/mol. The summed E-state index contributed by atoms with van der Waals surface area (Å²) in [5, 5.41) is 4.85. The van der Waals surface area contributed by atoms with Crippen LogP contribution in [0.2, 0.25) is 5.02 Å². The molecule has 0 unspecified atom stereocenters. The van der Waals surface area contributed by atoms with E-state index < -0.39 is 0 Å². The Labute approximate surface area is 172 Å². The first-order chi connectivity index (χ1) is 14.1. The Morgan fingerprint density at radius 3 is 2.55 bits per heavy atom. The Hall–Kier alpha value is -3.00. The highest BCUT2D eigenvalue weighted by atomic mass is 35.5. The van der Waals surface area contributed by atoms with E-state index in [1.54, 1.807) is 17.9 Å².